The Kier molecular flexibility index (Phi) is 7.64. The van der Waals surface area contributed by atoms with Crippen LogP contribution in [0, 0.1) is 11.6 Å². The maximum Gasteiger partial charge on any atom is 0.242 e. The molecule has 1 aliphatic heterocycles. The third kappa shape index (κ3) is 5.73. The van der Waals surface area contributed by atoms with Gasteiger partial charge in [-0.3, -0.25) is 9.59 Å². The van der Waals surface area contributed by atoms with E-state index in [-0.39, 0.29) is 30.0 Å². The lowest BCUT2D eigenvalue weighted by molar-refractivity contribution is -0.139. The van der Waals surface area contributed by atoms with E-state index in [4.69, 9.17) is 4.98 Å². The SMILES string of the molecule is CC1(C)c2nc(-c3ccc(F)cc3)c(Nc3ccc(F)cc3)n2CCN1C(=O)CNC(=O)CCc1ccccc1. The summed E-state index contributed by atoms with van der Waals surface area (Å²) in [7, 11) is 0. The summed E-state index contributed by atoms with van der Waals surface area (Å²) in [4.78, 5) is 32.4. The van der Waals surface area contributed by atoms with Crippen molar-refractivity contribution in [1.82, 2.24) is 19.8 Å². The summed E-state index contributed by atoms with van der Waals surface area (Å²) in [5, 5.41) is 6.11. The fraction of sp³-hybridized carbons (Fsp3) is 0.258. The normalized spacial score (nSPS) is 13.9. The molecule has 0 saturated heterocycles. The highest BCUT2D eigenvalue weighted by Gasteiger charge is 2.41. The molecule has 0 radical (unpaired) electrons. The summed E-state index contributed by atoms with van der Waals surface area (Å²) in [6.45, 7) is 4.57. The van der Waals surface area contributed by atoms with E-state index in [0.29, 0.717) is 54.5 Å². The van der Waals surface area contributed by atoms with Crippen molar-refractivity contribution in [2.75, 3.05) is 18.4 Å². The summed E-state index contributed by atoms with van der Waals surface area (Å²) in [6, 6.07) is 21.8. The first kappa shape index (κ1) is 27.1. The second-order valence-corrected chi connectivity index (χ2v) is 10.3. The molecule has 4 aromatic rings. The molecule has 0 fully saturated rings. The topological polar surface area (TPSA) is 79.3 Å². The van der Waals surface area contributed by atoms with Crippen LogP contribution in [0.2, 0.25) is 0 Å². The molecule has 0 bridgehead atoms. The highest BCUT2D eigenvalue weighted by atomic mass is 19.1. The number of halogens is 2. The Labute approximate surface area is 231 Å². The van der Waals surface area contributed by atoms with Gasteiger partial charge < -0.3 is 20.1 Å². The van der Waals surface area contributed by atoms with E-state index in [1.54, 1.807) is 29.2 Å². The molecule has 1 aliphatic rings. The standard InChI is InChI=1S/C31H31F2N5O2/c1-31(2)30-36-28(22-9-11-23(32)12-10-22)29(35-25-15-13-24(33)14-16-25)37(30)18-19-38(31)27(40)20-34-26(39)17-8-21-6-4-3-5-7-21/h3-7,9-16,35H,8,17-20H2,1-2H3,(H,34,39). The molecule has 9 heteroatoms. The number of nitrogens with zero attached hydrogens (tertiary/aromatic N) is 3. The summed E-state index contributed by atoms with van der Waals surface area (Å²) < 4.78 is 29.2. The average molecular weight is 544 g/mol. The maximum absolute atomic E-state index is 13.7. The van der Waals surface area contributed by atoms with Crippen molar-refractivity contribution < 1.29 is 18.4 Å². The molecule has 5 rings (SSSR count). The van der Waals surface area contributed by atoms with Crippen molar-refractivity contribution in [2.24, 2.45) is 0 Å². The summed E-state index contributed by atoms with van der Waals surface area (Å²) in [5.74, 6) is 0.224. The van der Waals surface area contributed by atoms with E-state index in [1.165, 1.54) is 24.3 Å². The van der Waals surface area contributed by atoms with E-state index in [1.807, 2.05) is 48.7 Å². The quantitative estimate of drug-likeness (QED) is 0.312. The van der Waals surface area contributed by atoms with Crippen LogP contribution in [0.25, 0.3) is 11.3 Å². The van der Waals surface area contributed by atoms with Gasteiger partial charge >= 0.3 is 0 Å². The van der Waals surface area contributed by atoms with Gasteiger partial charge in [0, 0.05) is 30.8 Å². The molecule has 206 valence electrons. The Morgan fingerprint density at radius 1 is 0.900 bits per heavy atom. The zero-order valence-electron chi connectivity index (χ0n) is 22.5. The molecule has 2 heterocycles. The molecule has 40 heavy (non-hydrogen) atoms. The van der Waals surface area contributed by atoms with Crippen molar-refractivity contribution in [1.29, 1.82) is 0 Å². The lowest BCUT2D eigenvalue weighted by atomic mass is 9.99. The van der Waals surface area contributed by atoms with Gasteiger partial charge in [-0.05, 0) is 74.4 Å². The maximum atomic E-state index is 13.7. The molecule has 2 N–H and O–H groups in total. The van der Waals surface area contributed by atoms with Crippen LogP contribution >= 0.6 is 0 Å². The van der Waals surface area contributed by atoms with Gasteiger partial charge in [-0.1, -0.05) is 30.3 Å². The number of imidazole rings is 1. The van der Waals surface area contributed by atoms with Gasteiger partial charge in [0.2, 0.25) is 11.8 Å². The lowest BCUT2D eigenvalue weighted by Gasteiger charge is -2.42. The predicted octanol–water partition coefficient (Wildman–Crippen LogP) is 5.40. The van der Waals surface area contributed by atoms with Crippen LogP contribution in [0.5, 0.6) is 0 Å². The van der Waals surface area contributed by atoms with Crippen LogP contribution in [0.3, 0.4) is 0 Å². The molecule has 2 amide bonds. The van der Waals surface area contributed by atoms with E-state index >= 15 is 0 Å². The largest absolute Gasteiger partial charge is 0.347 e. The number of hydrogen-bond donors (Lipinski definition) is 2. The number of aryl methyl sites for hydroxylation is 1. The monoisotopic (exact) mass is 543 g/mol. The number of benzene rings is 3. The number of carbonyl (C=O) groups is 2. The van der Waals surface area contributed by atoms with Gasteiger partial charge in [0.15, 0.2) is 0 Å². The van der Waals surface area contributed by atoms with Crippen molar-refractivity contribution in [3.8, 4) is 11.3 Å². The van der Waals surface area contributed by atoms with Gasteiger partial charge in [-0.2, -0.15) is 0 Å². The van der Waals surface area contributed by atoms with Crippen LogP contribution < -0.4 is 10.6 Å². The van der Waals surface area contributed by atoms with Gasteiger partial charge in [-0.15, -0.1) is 0 Å². The Morgan fingerprint density at radius 3 is 2.23 bits per heavy atom. The molecule has 0 aliphatic carbocycles. The number of amides is 2. The molecule has 7 nitrogen and oxygen atoms in total. The first-order valence-electron chi connectivity index (χ1n) is 13.2. The smallest absolute Gasteiger partial charge is 0.242 e. The minimum absolute atomic E-state index is 0.108. The molecule has 0 spiro atoms. The fourth-order valence-corrected chi connectivity index (χ4v) is 5.04. The van der Waals surface area contributed by atoms with E-state index < -0.39 is 5.54 Å². The molecule has 0 atom stereocenters. The van der Waals surface area contributed by atoms with Gasteiger partial charge in [0.1, 0.15) is 29.0 Å². The Balaban J connectivity index is 1.36. The minimum Gasteiger partial charge on any atom is -0.347 e. The highest BCUT2D eigenvalue weighted by Crippen LogP contribution is 2.39. The van der Waals surface area contributed by atoms with Crippen LogP contribution in [0.4, 0.5) is 20.3 Å². The molecule has 0 unspecified atom stereocenters. The van der Waals surface area contributed by atoms with Crippen LogP contribution in [0.15, 0.2) is 78.9 Å². The second kappa shape index (κ2) is 11.3. The first-order valence-corrected chi connectivity index (χ1v) is 13.2. The van der Waals surface area contributed by atoms with Crippen molar-refractivity contribution in [3.05, 3.63) is 102 Å². The Bertz CT molecular complexity index is 1500. The van der Waals surface area contributed by atoms with Crippen LogP contribution in [-0.4, -0.2) is 39.4 Å². The summed E-state index contributed by atoms with van der Waals surface area (Å²) in [5.41, 5.74) is 2.22. The fourth-order valence-electron chi connectivity index (χ4n) is 5.04. The van der Waals surface area contributed by atoms with Crippen LogP contribution in [0.1, 0.15) is 31.7 Å². The second-order valence-electron chi connectivity index (χ2n) is 10.3. The molecule has 3 aromatic carbocycles. The van der Waals surface area contributed by atoms with E-state index in [2.05, 4.69) is 10.6 Å². The van der Waals surface area contributed by atoms with Gasteiger partial charge in [0.25, 0.3) is 0 Å². The molecular weight excluding hydrogens is 512 g/mol. The van der Waals surface area contributed by atoms with Gasteiger partial charge in [0.05, 0.1) is 12.1 Å². The molecule has 1 aromatic heterocycles. The third-order valence-corrected chi connectivity index (χ3v) is 7.18. The van der Waals surface area contributed by atoms with E-state index in [0.717, 1.165) is 5.56 Å². The Hall–Kier alpha value is -4.53. The zero-order chi connectivity index (χ0) is 28.3. The molecule has 0 saturated carbocycles. The van der Waals surface area contributed by atoms with Crippen LogP contribution in [-0.2, 0) is 28.1 Å². The lowest BCUT2D eigenvalue weighted by Crippen LogP contribution is -2.54. The van der Waals surface area contributed by atoms with Gasteiger partial charge in [-0.25, -0.2) is 13.8 Å². The van der Waals surface area contributed by atoms with E-state index in [9.17, 15) is 18.4 Å². The average Bonchev–Trinajstić information content (AvgIpc) is 3.32. The predicted molar refractivity (Wildman–Crippen MR) is 150 cm³/mol. The number of fused-ring (bicyclic) bond motifs is 1. The summed E-state index contributed by atoms with van der Waals surface area (Å²) >= 11 is 0. The summed E-state index contributed by atoms with van der Waals surface area (Å²) in [6.07, 6.45) is 0.897. The van der Waals surface area contributed by atoms with Crippen molar-refractivity contribution in [3.63, 3.8) is 0 Å². The molecular formula is C31H31F2N5O2. The number of nitrogens with one attached hydrogen (secondary N) is 2. The number of hydrogen-bond acceptors (Lipinski definition) is 4. The van der Waals surface area contributed by atoms with Crippen molar-refractivity contribution >= 4 is 23.3 Å². The Morgan fingerprint density at radius 2 is 1.55 bits per heavy atom. The minimum atomic E-state index is -0.804. The number of aromatic nitrogens is 2. The third-order valence-electron chi connectivity index (χ3n) is 7.18. The number of carbonyl (C=O) groups excluding carboxylic acids is 2. The number of rotatable bonds is 8. The highest BCUT2D eigenvalue weighted by molar-refractivity contribution is 5.85. The van der Waals surface area contributed by atoms with Crippen molar-refractivity contribution in [2.45, 2.75) is 38.8 Å². The zero-order valence-corrected chi connectivity index (χ0v) is 22.5. The first-order chi connectivity index (χ1) is 19.2. The number of anilines is 2.